The highest BCUT2D eigenvalue weighted by Crippen LogP contribution is 2.20. The molecular weight excluding hydrogens is 342 g/mol. The molecule has 3 rings (SSSR count). The van der Waals surface area contributed by atoms with Crippen LogP contribution in [0.2, 0.25) is 0 Å². The molecule has 2 heterocycles. The number of hydrogen-bond donors (Lipinski definition) is 0. The highest BCUT2D eigenvalue weighted by Gasteiger charge is 2.22. The summed E-state index contributed by atoms with van der Waals surface area (Å²) in [5.74, 6) is 0.663. The highest BCUT2D eigenvalue weighted by molar-refractivity contribution is 6.05. The van der Waals surface area contributed by atoms with E-state index >= 15 is 0 Å². The summed E-state index contributed by atoms with van der Waals surface area (Å²) in [4.78, 5) is 38.7. The number of hydrogen-bond acceptors (Lipinski definition) is 5. The topological polar surface area (TPSA) is 69.6 Å². The molecule has 7 heteroatoms. The maximum Gasteiger partial charge on any atom is 0.277 e. The molecule has 1 aliphatic heterocycles. The number of aromatic nitrogens is 2. The lowest BCUT2D eigenvalue weighted by molar-refractivity contribution is -0.129. The first-order chi connectivity index (χ1) is 13.0. The van der Waals surface area contributed by atoms with Crippen molar-refractivity contribution in [3.63, 3.8) is 0 Å². The number of anilines is 2. The Labute approximate surface area is 159 Å². The Bertz CT molecular complexity index is 831. The fourth-order valence-corrected chi connectivity index (χ4v) is 3.26. The van der Waals surface area contributed by atoms with Crippen molar-refractivity contribution >= 4 is 23.3 Å². The van der Waals surface area contributed by atoms with Crippen molar-refractivity contribution in [2.24, 2.45) is 0 Å². The minimum absolute atomic E-state index is 0.0879. The van der Waals surface area contributed by atoms with Crippen molar-refractivity contribution in [3.05, 3.63) is 47.9 Å². The van der Waals surface area contributed by atoms with Gasteiger partial charge >= 0.3 is 0 Å². The molecular formula is C20H25N5O2. The van der Waals surface area contributed by atoms with Crippen molar-refractivity contribution in [1.82, 2.24) is 14.9 Å². The molecule has 1 fully saturated rings. The minimum atomic E-state index is -0.144. The average Bonchev–Trinajstić information content (AvgIpc) is 2.69. The van der Waals surface area contributed by atoms with E-state index in [0.29, 0.717) is 38.4 Å². The molecule has 2 aromatic rings. The van der Waals surface area contributed by atoms with Gasteiger partial charge in [0.2, 0.25) is 5.91 Å². The Morgan fingerprint density at radius 2 is 1.85 bits per heavy atom. The number of aryl methyl sites for hydroxylation is 1. The molecule has 1 saturated heterocycles. The molecule has 0 spiro atoms. The van der Waals surface area contributed by atoms with Gasteiger partial charge in [0.1, 0.15) is 17.8 Å². The Morgan fingerprint density at radius 1 is 1.11 bits per heavy atom. The maximum absolute atomic E-state index is 13.0. The first kappa shape index (κ1) is 18.8. The number of carbonyl (C=O) groups excluding carboxylic acids is 2. The van der Waals surface area contributed by atoms with E-state index in [4.69, 9.17) is 0 Å². The quantitative estimate of drug-likeness (QED) is 0.828. The Balaban J connectivity index is 1.78. The number of benzene rings is 1. The third-order valence-corrected chi connectivity index (χ3v) is 4.80. The zero-order chi connectivity index (χ0) is 19.4. The highest BCUT2D eigenvalue weighted by atomic mass is 16.2. The maximum atomic E-state index is 13.0. The average molecular weight is 367 g/mol. The van der Waals surface area contributed by atoms with Crippen LogP contribution in [0.1, 0.15) is 29.9 Å². The van der Waals surface area contributed by atoms with E-state index in [1.165, 1.54) is 6.33 Å². The van der Waals surface area contributed by atoms with Crippen LogP contribution in [0.25, 0.3) is 0 Å². The SMILES string of the molecule is CCN(C(=O)c1cc(N2CCN(C(C)=O)CC2)ncn1)c1cccc(C)c1. The second-order valence-corrected chi connectivity index (χ2v) is 6.64. The van der Waals surface area contributed by atoms with E-state index in [2.05, 4.69) is 14.9 Å². The number of amides is 2. The lowest BCUT2D eigenvalue weighted by Gasteiger charge is -2.34. The van der Waals surface area contributed by atoms with Gasteiger partial charge in [-0.1, -0.05) is 12.1 Å². The van der Waals surface area contributed by atoms with E-state index in [1.807, 2.05) is 43.0 Å². The molecule has 0 saturated carbocycles. The van der Waals surface area contributed by atoms with Gasteiger partial charge in [-0.25, -0.2) is 9.97 Å². The summed E-state index contributed by atoms with van der Waals surface area (Å²) in [5, 5.41) is 0. The van der Waals surface area contributed by atoms with Crippen LogP contribution in [0.15, 0.2) is 36.7 Å². The molecule has 0 aliphatic carbocycles. The van der Waals surface area contributed by atoms with Gasteiger partial charge in [-0.05, 0) is 31.5 Å². The monoisotopic (exact) mass is 367 g/mol. The zero-order valence-corrected chi connectivity index (χ0v) is 16.1. The predicted molar refractivity (Wildman–Crippen MR) is 105 cm³/mol. The van der Waals surface area contributed by atoms with Gasteiger partial charge in [0, 0.05) is 51.4 Å². The van der Waals surface area contributed by atoms with E-state index in [0.717, 1.165) is 17.1 Å². The summed E-state index contributed by atoms with van der Waals surface area (Å²) in [6.07, 6.45) is 1.43. The second-order valence-electron chi connectivity index (χ2n) is 6.64. The van der Waals surface area contributed by atoms with Gasteiger partial charge in [0.05, 0.1) is 0 Å². The molecule has 0 radical (unpaired) electrons. The first-order valence-electron chi connectivity index (χ1n) is 9.20. The molecule has 0 bridgehead atoms. The Hall–Kier alpha value is -2.96. The number of nitrogens with zero attached hydrogens (tertiary/aromatic N) is 5. The van der Waals surface area contributed by atoms with Crippen LogP contribution in [-0.4, -0.2) is 59.4 Å². The fourth-order valence-electron chi connectivity index (χ4n) is 3.26. The molecule has 0 atom stereocenters. The van der Waals surface area contributed by atoms with Crippen molar-refractivity contribution in [2.45, 2.75) is 20.8 Å². The van der Waals surface area contributed by atoms with Gasteiger partial charge in [0.25, 0.3) is 5.91 Å². The smallest absolute Gasteiger partial charge is 0.277 e. The Kier molecular flexibility index (Phi) is 5.69. The molecule has 1 aliphatic rings. The number of rotatable bonds is 4. The van der Waals surface area contributed by atoms with Crippen LogP contribution in [-0.2, 0) is 4.79 Å². The molecule has 0 N–H and O–H groups in total. The van der Waals surface area contributed by atoms with Crippen molar-refractivity contribution < 1.29 is 9.59 Å². The largest absolute Gasteiger partial charge is 0.353 e. The molecule has 27 heavy (non-hydrogen) atoms. The fraction of sp³-hybridized carbons (Fsp3) is 0.400. The standard InChI is InChI=1S/C20H25N5O2/c1-4-25(17-7-5-6-15(2)12-17)20(27)18-13-19(22-14-21-18)24-10-8-23(9-11-24)16(3)26/h5-7,12-14H,4,8-11H2,1-3H3. The first-order valence-corrected chi connectivity index (χ1v) is 9.20. The molecule has 1 aromatic carbocycles. The summed E-state index contributed by atoms with van der Waals surface area (Å²) < 4.78 is 0. The Morgan fingerprint density at radius 3 is 2.48 bits per heavy atom. The van der Waals surface area contributed by atoms with Crippen LogP contribution in [0.4, 0.5) is 11.5 Å². The second kappa shape index (κ2) is 8.16. The molecule has 1 aromatic heterocycles. The van der Waals surface area contributed by atoms with Gasteiger partial charge < -0.3 is 14.7 Å². The number of piperazine rings is 1. The van der Waals surface area contributed by atoms with Crippen LogP contribution in [0, 0.1) is 6.92 Å². The van der Waals surface area contributed by atoms with Gasteiger partial charge in [-0.15, -0.1) is 0 Å². The van der Waals surface area contributed by atoms with E-state index < -0.39 is 0 Å². The van der Waals surface area contributed by atoms with Gasteiger partial charge in [-0.2, -0.15) is 0 Å². The van der Waals surface area contributed by atoms with E-state index in [9.17, 15) is 9.59 Å². The summed E-state index contributed by atoms with van der Waals surface area (Å²) in [7, 11) is 0. The third kappa shape index (κ3) is 4.24. The normalized spacial score (nSPS) is 14.2. The van der Waals surface area contributed by atoms with Gasteiger partial charge in [-0.3, -0.25) is 9.59 Å². The van der Waals surface area contributed by atoms with Crippen molar-refractivity contribution in [2.75, 3.05) is 42.5 Å². The molecule has 142 valence electrons. The molecule has 0 unspecified atom stereocenters. The third-order valence-electron chi connectivity index (χ3n) is 4.80. The van der Waals surface area contributed by atoms with E-state index in [1.54, 1.807) is 17.9 Å². The lowest BCUT2D eigenvalue weighted by atomic mass is 10.2. The van der Waals surface area contributed by atoms with Crippen LogP contribution in [0.3, 0.4) is 0 Å². The van der Waals surface area contributed by atoms with Gasteiger partial charge in [0.15, 0.2) is 0 Å². The van der Waals surface area contributed by atoms with Crippen LogP contribution in [0.5, 0.6) is 0 Å². The minimum Gasteiger partial charge on any atom is -0.353 e. The summed E-state index contributed by atoms with van der Waals surface area (Å²) in [6.45, 7) is 8.80. The molecule has 2 amide bonds. The van der Waals surface area contributed by atoms with Crippen molar-refractivity contribution in [1.29, 1.82) is 0 Å². The van der Waals surface area contributed by atoms with Crippen molar-refractivity contribution in [3.8, 4) is 0 Å². The summed E-state index contributed by atoms with van der Waals surface area (Å²) >= 11 is 0. The molecule has 7 nitrogen and oxygen atoms in total. The number of carbonyl (C=O) groups is 2. The predicted octanol–water partition coefficient (Wildman–Crippen LogP) is 2.12. The van der Waals surface area contributed by atoms with Crippen LogP contribution < -0.4 is 9.80 Å². The summed E-state index contributed by atoms with van der Waals surface area (Å²) in [5.41, 5.74) is 2.33. The van der Waals surface area contributed by atoms with Crippen LogP contribution >= 0.6 is 0 Å². The van der Waals surface area contributed by atoms with E-state index in [-0.39, 0.29) is 11.8 Å². The zero-order valence-electron chi connectivity index (χ0n) is 16.1. The summed E-state index contributed by atoms with van der Waals surface area (Å²) in [6, 6.07) is 9.61. The lowest BCUT2D eigenvalue weighted by Crippen LogP contribution is -2.48.